The van der Waals surface area contributed by atoms with Crippen LogP contribution in [-0.4, -0.2) is 55.8 Å². The Hall–Kier alpha value is -3.00. The van der Waals surface area contributed by atoms with E-state index in [1.165, 1.54) is 5.56 Å². The molecule has 1 aliphatic heterocycles. The number of rotatable bonds is 7. The highest BCUT2D eigenvalue weighted by Gasteiger charge is 2.32. The maximum Gasteiger partial charge on any atom is 0.223 e. The number of morpholine rings is 1. The van der Waals surface area contributed by atoms with Crippen molar-refractivity contribution >= 4 is 5.91 Å². The summed E-state index contributed by atoms with van der Waals surface area (Å²) in [5.41, 5.74) is 5.24. The average Bonchev–Trinajstić information content (AvgIpc) is 3.37. The molecule has 30 heavy (non-hydrogen) atoms. The van der Waals surface area contributed by atoms with Crippen molar-refractivity contribution in [2.45, 2.75) is 45.7 Å². The summed E-state index contributed by atoms with van der Waals surface area (Å²) in [6.07, 6.45) is 3.68. The summed E-state index contributed by atoms with van der Waals surface area (Å²) < 4.78 is 7.79. The maximum absolute atomic E-state index is 13.0. The van der Waals surface area contributed by atoms with Gasteiger partial charge < -0.3 is 9.64 Å². The molecule has 1 aliphatic rings. The largest absolute Gasteiger partial charge is 0.377 e. The third kappa shape index (κ3) is 4.43. The van der Waals surface area contributed by atoms with Crippen LogP contribution in [0.1, 0.15) is 47.1 Å². The molecule has 0 bridgehead atoms. The zero-order valence-corrected chi connectivity index (χ0v) is 17.5. The van der Waals surface area contributed by atoms with Crippen LogP contribution < -0.4 is 0 Å². The van der Waals surface area contributed by atoms with Crippen LogP contribution in [0.4, 0.5) is 0 Å². The number of carbonyl (C=O) groups excluding carboxylic acids is 1. The molecule has 3 heterocycles. The van der Waals surface area contributed by atoms with Gasteiger partial charge in [0.25, 0.3) is 0 Å². The van der Waals surface area contributed by atoms with E-state index in [-0.39, 0.29) is 11.9 Å². The Bertz CT molecular complexity index is 967. The third-order valence-electron chi connectivity index (χ3n) is 5.68. The Balaban J connectivity index is 1.48. The molecule has 1 atom stereocenters. The summed E-state index contributed by atoms with van der Waals surface area (Å²) in [7, 11) is 0. The van der Waals surface area contributed by atoms with E-state index in [0.29, 0.717) is 32.7 Å². The fourth-order valence-corrected chi connectivity index (χ4v) is 4.15. The lowest BCUT2D eigenvalue weighted by Gasteiger charge is -2.36. The quantitative estimate of drug-likeness (QED) is 0.649. The topological polar surface area (TPSA) is 88.9 Å². The number of carbonyl (C=O) groups is 1. The Morgan fingerprint density at radius 3 is 2.87 bits per heavy atom. The predicted octanol–water partition coefficient (Wildman–Crippen LogP) is 2.59. The summed E-state index contributed by atoms with van der Waals surface area (Å²) in [4.78, 5) is 15.0. The van der Waals surface area contributed by atoms with Crippen molar-refractivity contribution < 1.29 is 9.53 Å². The van der Waals surface area contributed by atoms with E-state index in [2.05, 4.69) is 34.5 Å². The van der Waals surface area contributed by atoms with E-state index in [9.17, 15) is 4.79 Å². The van der Waals surface area contributed by atoms with Crippen molar-refractivity contribution in [3.05, 3.63) is 64.7 Å². The fourth-order valence-electron chi connectivity index (χ4n) is 4.15. The molecule has 1 amide bonds. The van der Waals surface area contributed by atoms with Crippen LogP contribution >= 0.6 is 0 Å². The molecule has 8 nitrogen and oxygen atoms in total. The highest BCUT2D eigenvalue weighted by Crippen LogP contribution is 2.30. The molecule has 0 spiro atoms. The number of aromatic nitrogens is 5. The summed E-state index contributed by atoms with van der Waals surface area (Å²) in [6, 6.07) is 10.2. The molecule has 2 aromatic heterocycles. The first kappa shape index (κ1) is 20.3. The van der Waals surface area contributed by atoms with Crippen molar-refractivity contribution in [1.29, 1.82) is 0 Å². The second kappa shape index (κ2) is 9.21. The van der Waals surface area contributed by atoms with Crippen LogP contribution in [0.15, 0.2) is 36.5 Å². The van der Waals surface area contributed by atoms with Crippen molar-refractivity contribution in [3.63, 3.8) is 0 Å². The first-order chi connectivity index (χ1) is 14.6. The number of H-pyrrole nitrogens is 1. The van der Waals surface area contributed by atoms with Gasteiger partial charge >= 0.3 is 0 Å². The Labute approximate surface area is 176 Å². The average molecular weight is 409 g/mol. The predicted molar refractivity (Wildman–Crippen MR) is 112 cm³/mol. The number of amides is 1. The molecular weight excluding hydrogens is 380 g/mol. The van der Waals surface area contributed by atoms with Crippen LogP contribution in [0.25, 0.3) is 0 Å². The van der Waals surface area contributed by atoms with Gasteiger partial charge in [0.2, 0.25) is 5.91 Å². The van der Waals surface area contributed by atoms with Crippen molar-refractivity contribution in [2.24, 2.45) is 0 Å². The van der Waals surface area contributed by atoms with E-state index in [0.717, 1.165) is 35.5 Å². The summed E-state index contributed by atoms with van der Waals surface area (Å²) in [5.74, 6) is 0.154. The molecule has 3 aromatic rings. The van der Waals surface area contributed by atoms with Gasteiger partial charge in [-0.15, -0.1) is 0 Å². The number of hydrogen-bond acceptors (Lipinski definition) is 5. The molecule has 0 radical (unpaired) electrons. The maximum atomic E-state index is 13.0. The van der Waals surface area contributed by atoms with Gasteiger partial charge in [-0.25, -0.2) is 0 Å². The van der Waals surface area contributed by atoms with Crippen LogP contribution in [-0.2, 0) is 22.5 Å². The Kier molecular flexibility index (Phi) is 6.23. The normalized spacial score (nSPS) is 16.7. The Morgan fingerprint density at radius 2 is 2.10 bits per heavy atom. The molecule has 158 valence electrons. The van der Waals surface area contributed by atoms with Gasteiger partial charge in [0, 0.05) is 24.2 Å². The standard InChI is InChI=1S/C22H28N6O2/c1-16-22(17(2)28(25-16)14-18-7-4-3-5-8-18)20-15-30-12-11-27(20)21(29)10-6-9-19-13-23-26-24-19/h3-5,7-8,13,20H,6,9-12,14-15H2,1-2H3,(H,23,24,26). The van der Waals surface area contributed by atoms with Crippen LogP contribution in [0.5, 0.6) is 0 Å². The zero-order valence-electron chi connectivity index (χ0n) is 17.5. The number of aromatic amines is 1. The highest BCUT2D eigenvalue weighted by molar-refractivity contribution is 5.77. The zero-order chi connectivity index (χ0) is 20.9. The van der Waals surface area contributed by atoms with Crippen LogP contribution in [0.3, 0.4) is 0 Å². The van der Waals surface area contributed by atoms with Crippen LogP contribution in [0, 0.1) is 13.8 Å². The summed E-state index contributed by atoms with van der Waals surface area (Å²) in [6.45, 7) is 6.50. The minimum Gasteiger partial charge on any atom is -0.377 e. The lowest BCUT2D eigenvalue weighted by Crippen LogP contribution is -2.43. The van der Waals surface area contributed by atoms with E-state index < -0.39 is 0 Å². The minimum atomic E-state index is -0.0946. The number of hydrogen-bond donors (Lipinski definition) is 1. The fraction of sp³-hybridized carbons (Fsp3) is 0.455. The van der Waals surface area contributed by atoms with E-state index in [1.807, 2.05) is 34.7 Å². The molecule has 4 rings (SSSR count). The second-order valence-corrected chi connectivity index (χ2v) is 7.72. The molecule has 1 N–H and O–H groups in total. The van der Waals surface area contributed by atoms with Gasteiger partial charge in [0.1, 0.15) is 0 Å². The monoisotopic (exact) mass is 408 g/mol. The highest BCUT2D eigenvalue weighted by atomic mass is 16.5. The summed E-state index contributed by atoms with van der Waals surface area (Å²) in [5, 5.41) is 15.3. The molecule has 1 unspecified atom stereocenters. The molecule has 0 aliphatic carbocycles. The van der Waals surface area contributed by atoms with Crippen LogP contribution in [0.2, 0.25) is 0 Å². The molecule has 0 saturated carbocycles. The van der Waals surface area contributed by atoms with E-state index in [4.69, 9.17) is 9.84 Å². The van der Waals surface area contributed by atoms with Gasteiger partial charge in [-0.2, -0.15) is 20.5 Å². The number of benzene rings is 1. The minimum absolute atomic E-state index is 0.0946. The number of ether oxygens (including phenoxy) is 1. The first-order valence-corrected chi connectivity index (χ1v) is 10.4. The lowest BCUT2D eigenvalue weighted by atomic mass is 10.0. The SMILES string of the molecule is Cc1nn(Cc2ccccc2)c(C)c1C1COCCN1C(=O)CCCc1cn[nH]n1. The van der Waals surface area contributed by atoms with Gasteiger partial charge in [-0.1, -0.05) is 30.3 Å². The van der Waals surface area contributed by atoms with E-state index >= 15 is 0 Å². The van der Waals surface area contributed by atoms with Gasteiger partial charge in [0.05, 0.1) is 43.4 Å². The van der Waals surface area contributed by atoms with Gasteiger partial charge in [-0.3, -0.25) is 9.48 Å². The smallest absolute Gasteiger partial charge is 0.223 e. The van der Waals surface area contributed by atoms with Crippen molar-refractivity contribution in [2.75, 3.05) is 19.8 Å². The summed E-state index contributed by atoms with van der Waals surface area (Å²) >= 11 is 0. The number of aryl methyl sites for hydroxylation is 2. The molecule has 1 fully saturated rings. The lowest BCUT2D eigenvalue weighted by molar-refractivity contribution is -0.140. The molecular formula is C22H28N6O2. The van der Waals surface area contributed by atoms with Crippen molar-refractivity contribution in [1.82, 2.24) is 30.1 Å². The number of nitrogens with zero attached hydrogens (tertiary/aromatic N) is 5. The molecule has 1 aromatic carbocycles. The van der Waals surface area contributed by atoms with Gasteiger partial charge in [-0.05, 0) is 32.3 Å². The van der Waals surface area contributed by atoms with Gasteiger partial charge in [0.15, 0.2) is 0 Å². The Morgan fingerprint density at radius 1 is 1.27 bits per heavy atom. The first-order valence-electron chi connectivity index (χ1n) is 10.4. The van der Waals surface area contributed by atoms with E-state index in [1.54, 1.807) is 6.20 Å². The molecule has 1 saturated heterocycles. The molecule has 8 heteroatoms. The number of nitrogens with one attached hydrogen (secondary N) is 1. The second-order valence-electron chi connectivity index (χ2n) is 7.72. The van der Waals surface area contributed by atoms with Crippen molar-refractivity contribution in [3.8, 4) is 0 Å². The third-order valence-corrected chi connectivity index (χ3v) is 5.68.